The van der Waals surface area contributed by atoms with Crippen molar-refractivity contribution in [3.05, 3.63) is 32.8 Å². The van der Waals surface area contributed by atoms with Crippen molar-refractivity contribution >= 4 is 47.0 Å². The van der Waals surface area contributed by atoms with Gasteiger partial charge in [0.2, 0.25) is 0 Å². The Morgan fingerprint density at radius 1 is 1.33 bits per heavy atom. The Morgan fingerprint density at radius 2 is 1.93 bits per heavy atom. The van der Waals surface area contributed by atoms with Gasteiger partial charge in [0.15, 0.2) is 0 Å². The number of amides is 2. The van der Waals surface area contributed by atoms with Crippen molar-refractivity contribution < 1.29 is 4.79 Å². The van der Waals surface area contributed by atoms with Crippen LogP contribution >= 0.6 is 34.8 Å². The maximum Gasteiger partial charge on any atom is 0.332 e. The van der Waals surface area contributed by atoms with Crippen molar-refractivity contribution in [2.75, 3.05) is 0 Å². The minimum absolute atomic E-state index is 0.263. The molecule has 0 unspecified atom stereocenters. The van der Waals surface area contributed by atoms with Crippen molar-refractivity contribution in [3.63, 3.8) is 0 Å². The normalized spacial score (nSPS) is 10.6. The van der Waals surface area contributed by atoms with E-state index in [0.29, 0.717) is 15.6 Å². The van der Waals surface area contributed by atoms with Crippen LogP contribution in [0.15, 0.2) is 17.2 Å². The van der Waals surface area contributed by atoms with Crippen LogP contribution in [0.1, 0.15) is 5.56 Å². The lowest BCUT2D eigenvalue weighted by molar-refractivity contribution is 0.249. The molecule has 0 aliphatic carbocycles. The average Bonchev–Trinajstić information content (AvgIpc) is 2.17. The summed E-state index contributed by atoms with van der Waals surface area (Å²) in [6, 6.07) is 2.35. The van der Waals surface area contributed by atoms with E-state index in [0.717, 1.165) is 0 Å². The van der Waals surface area contributed by atoms with Crippen LogP contribution in [-0.2, 0) is 0 Å². The van der Waals surface area contributed by atoms with E-state index in [1.807, 2.05) is 5.43 Å². The van der Waals surface area contributed by atoms with Gasteiger partial charge < -0.3 is 5.73 Å². The number of hydrogen-bond donors (Lipinski definition) is 2. The first-order valence-electron chi connectivity index (χ1n) is 3.74. The fourth-order valence-corrected chi connectivity index (χ4v) is 1.45. The van der Waals surface area contributed by atoms with Crippen molar-refractivity contribution in [3.8, 4) is 0 Å². The van der Waals surface area contributed by atoms with Gasteiger partial charge in [-0.25, -0.2) is 10.2 Å². The number of carbonyl (C=O) groups excluding carboxylic acids is 1. The molecule has 0 spiro atoms. The highest BCUT2D eigenvalue weighted by molar-refractivity contribution is 6.45. The molecule has 0 aliphatic rings. The third-order valence-electron chi connectivity index (χ3n) is 1.45. The molecule has 0 saturated carbocycles. The number of carbonyl (C=O) groups is 1. The molecule has 0 heterocycles. The summed E-state index contributed by atoms with van der Waals surface area (Å²) >= 11 is 17.5. The maximum absolute atomic E-state index is 10.3. The highest BCUT2D eigenvalue weighted by Crippen LogP contribution is 2.29. The molecule has 0 bridgehead atoms. The zero-order valence-electron chi connectivity index (χ0n) is 7.30. The van der Waals surface area contributed by atoms with E-state index in [4.69, 9.17) is 40.5 Å². The van der Waals surface area contributed by atoms with E-state index < -0.39 is 6.03 Å². The summed E-state index contributed by atoms with van der Waals surface area (Å²) in [4.78, 5) is 10.3. The molecular weight excluding hydrogens is 260 g/mol. The Hall–Kier alpha value is -0.970. The lowest BCUT2D eigenvalue weighted by Gasteiger charge is -2.02. The lowest BCUT2D eigenvalue weighted by Crippen LogP contribution is -2.24. The number of nitrogens with one attached hydrogen (secondary N) is 1. The molecule has 1 aromatic carbocycles. The van der Waals surface area contributed by atoms with E-state index in [1.165, 1.54) is 6.21 Å². The van der Waals surface area contributed by atoms with E-state index >= 15 is 0 Å². The Labute approximate surface area is 101 Å². The molecule has 0 fully saturated rings. The first-order valence-corrected chi connectivity index (χ1v) is 4.87. The van der Waals surface area contributed by atoms with E-state index in [-0.39, 0.29) is 5.02 Å². The number of urea groups is 1. The first kappa shape index (κ1) is 12.1. The topological polar surface area (TPSA) is 67.5 Å². The molecule has 3 N–H and O–H groups in total. The summed E-state index contributed by atoms with van der Waals surface area (Å²) in [5.74, 6) is 0. The van der Waals surface area contributed by atoms with Crippen LogP contribution < -0.4 is 11.2 Å². The number of benzene rings is 1. The van der Waals surface area contributed by atoms with Gasteiger partial charge in [0, 0.05) is 5.56 Å². The molecule has 0 saturated heterocycles. The van der Waals surface area contributed by atoms with Gasteiger partial charge in [0.1, 0.15) is 0 Å². The number of hydrogen-bond acceptors (Lipinski definition) is 2. The molecule has 4 nitrogen and oxygen atoms in total. The van der Waals surface area contributed by atoms with Crippen LogP contribution in [0.5, 0.6) is 0 Å². The summed E-state index contributed by atoms with van der Waals surface area (Å²) < 4.78 is 0. The van der Waals surface area contributed by atoms with Crippen LogP contribution in [0.3, 0.4) is 0 Å². The molecule has 15 heavy (non-hydrogen) atoms. The van der Waals surface area contributed by atoms with Crippen LogP contribution in [0.2, 0.25) is 15.1 Å². The summed E-state index contributed by atoms with van der Waals surface area (Å²) in [6.45, 7) is 0. The van der Waals surface area contributed by atoms with Gasteiger partial charge in [-0.15, -0.1) is 0 Å². The monoisotopic (exact) mass is 265 g/mol. The largest absolute Gasteiger partial charge is 0.350 e. The van der Waals surface area contributed by atoms with Crippen LogP contribution in [0.25, 0.3) is 0 Å². The quantitative estimate of drug-likeness (QED) is 0.482. The molecule has 0 aromatic heterocycles. The van der Waals surface area contributed by atoms with Gasteiger partial charge >= 0.3 is 6.03 Å². The van der Waals surface area contributed by atoms with Gasteiger partial charge in [-0.2, -0.15) is 5.10 Å². The van der Waals surface area contributed by atoms with Gasteiger partial charge in [0.05, 0.1) is 21.3 Å². The average molecular weight is 267 g/mol. The number of nitrogens with two attached hydrogens (primary N) is 1. The molecule has 0 atom stereocenters. The lowest BCUT2D eigenvalue weighted by atomic mass is 10.2. The van der Waals surface area contributed by atoms with Crippen molar-refractivity contribution in [2.45, 2.75) is 0 Å². The van der Waals surface area contributed by atoms with E-state index in [2.05, 4.69) is 5.10 Å². The number of hydrazone groups is 1. The summed E-state index contributed by atoms with van der Waals surface area (Å²) in [7, 11) is 0. The zero-order chi connectivity index (χ0) is 11.4. The van der Waals surface area contributed by atoms with Gasteiger partial charge in [-0.1, -0.05) is 34.8 Å². The second-order valence-electron chi connectivity index (χ2n) is 2.49. The van der Waals surface area contributed by atoms with E-state index in [9.17, 15) is 4.79 Å². The smallest absolute Gasteiger partial charge is 0.332 e. The second kappa shape index (κ2) is 5.21. The Kier molecular flexibility index (Phi) is 4.20. The maximum atomic E-state index is 10.3. The minimum Gasteiger partial charge on any atom is -0.350 e. The fourth-order valence-electron chi connectivity index (χ4n) is 0.822. The molecule has 1 rings (SSSR count). The molecule has 2 amide bonds. The van der Waals surface area contributed by atoms with E-state index in [1.54, 1.807) is 12.1 Å². The molecule has 80 valence electrons. The predicted octanol–water partition coefficient (Wildman–Crippen LogP) is 2.65. The van der Waals surface area contributed by atoms with Gasteiger partial charge in [0.25, 0.3) is 0 Å². The van der Waals surface area contributed by atoms with Crippen molar-refractivity contribution in [1.29, 1.82) is 0 Å². The van der Waals surface area contributed by atoms with Crippen LogP contribution in [0, 0.1) is 0 Å². The predicted molar refractivity (Wildman–Crippen MR) is 61.8 cm³/mol. The van der Waals surface area contributed by atoms with Gasteiger partial charge in [-0.05, 0) is 12.1 Å². The fraction of sp³-hybridized carbons (Fsp3) is 0. The third-order valence-corrected chi connectivity index (χ3v) is 2.60. The Bertz CT molecular complexity index is 420. The standard InChI is InChI=1S/C8H6Cl3N3O/c9-5-1-2-6(10)7(11)4(5)3-13-14-8(12)15/h1-3H,(H3,12,14,15)/b13-3+. The second-order valence-corrected chi connectivity index (χ2v) is 3.68. The van der Waals surface area contributed by atoms with Crippen molar-refractivity contribution in [2.24, 2.45) is 10.8 Å². The molecule has 0 radical (unpaired) electrons. The van der Waals surface area contributed by atoms with Crippen molar-refractivity contribution in [1.82, 2.24) is 5.43 Å². The summed E-state index contributed by atoms with van der Waals surface area (Å²) in [5.41, 5.74) is 7.24. The Morgan fingerprint density at radius 3 is 2.53 bits per heavy atom. The molecule has 1 aromatic rings. The van der Waals surface area contributed by atoms with Crippen LogP contribution in [-0.4, -0.2) is 12.2 Å². The summed E-state index contributed by atoms with van der Waals surface area (Å²) in [6.07, 6.45) is 1.27. The third kappa shape index (κ3) is 3.27. The number of nitrogens with zero attached hydrogens (tertiary/aromatic N) is 1. The number of rotatable bonds is 2. The number of halogens is 3. The summed E-state index contributed by atoms with van der Waals surface area (Å²) in [5, 5.41) is 4.51. The first-order chi connectivity index (χ1) is 7.02. The molecule has 7 heteroatoms. The Balaban J connectivity index is 2.98. The number of primary amides is 1. The zero-order valence-corrected chi connectivity index (χ0v) is 9.57. The SMILES string of the molecule is NC(=O)N/N=C/c1c(Cl)ccc(Cl)c1Cl. The minimum atomic E-state index is -0.777. The highest BCUT2D eigenvalue weighted by Gasteiger charge is 2.07. The highest BCUT2D eigenvalue weighted by atomic mass is 35.5. The van der Waals surface area contributed by atoms with Gasteiger partial charge in [-0.3, -0.25) is 0 Å². The molecular formula is C8H6Cl3N3O. The molecule has 0 aliphatic heterocycles. The van der Waals surface area contributed by atoms with Crippen LogP contribution in [0.4, 0.5) is 4.79 Å².